The first-order chi connectivity index (χ1) is 11.6. The van der Waals surface area contributed by atoms with Crippen molar-refractivity contribution in [1.82, 2.24) is 9.88 Å². The predicted molar refractivity (Wildman–Crippen MR) is 88.3 cm³/mol. The topological polar surface area (TPSA) is 79.7 Å². The monoisotopic (exact) mass is 326 g/mol. The summed E-state index contributed by atoms with van der Waals surface area (Å²) in [5.74, 6) is 0.452. The van der Waals surface area contributed by atoms with Gasteiger partial charge >= 0.3 is 6.09 Å². The lowest BCUT2D eigenvalue weighted by Gasteiger charge is -2.16. The first-order valence-corrected chi connectivity index (χ1v) is 7.75. The molecule has 6 heteroatoms. The maximum atomic E-state index is 11.1. The van der Waals surface area contributed by atoms with Gasteiger partial charge in [0.2, 0.25) is 5.88 Å². The number of carbonyl (C=O) groups is 2. The van der Waals surface area contributed by atoms with Crippen LogP contribution in [-0.2, 0) is 0 Å². The summed E-state index contributed by atoms with van der Waals surface area (Å²) < 4.78 is 5.86. The van der Waals surface area contributed by atoms with E-state index in [1.54, 1.807) is 24.3 Å². The maximum Gasteiger partial charge on any atom is 0.407 e. The van der Waals surface area contributed by atoms with E-state index in [0.29, 0.717) is 30.1 Å². The predicted octanol–water partition coefficient (Wildman–Crippen LogP) is 3.08. The lowest BCUT2D eigenvalue weighted by Crippen LogP contribution is -2.33. The fourth-order valence-corrected chi connectivity index (χ4v) is 2.92. The summed E-state index contributed by atoms with van der Waals surface area (Å²) in [6.45, 7) is 2.20. The minimum atomic E-state index is -0.930. The van der Waals surface area contributed by atoms with Crippen molar-refractivity contribution >= 4 is 12.4 Å². The van der Waals surface area contributed by atoms with Gasteiger partial charge in [-0.2, -0.15) is 0 Å². The van der Waals surface area contributed by atoms with Crippen LogP contribution in [0.1, 0.15) is 23.7 Å². The number of nitrogens with zero attached hydrogens (tertiary/aromatic N) is 2. The van der Waals surface area contributed by atoms with E-state index in [1.165, 1.54) is 4.90 Å². The summed E-state index contributed by atoms with van der Waals surface area (Å²) >= 11 is 0. The molecule has 1 saturated heterocycles. The Morgan fingerprint density at radius 2 is 2.12 bits per heavy atom. The smallest absolute Gasteiger partial charge is 0.407 e. The number of carboxylic acid groups (broad SMARTS) is 1. The normalized spacial score (nSPS) is 20.0. The molecule has 24 heavy (non-hydrogen) atoms. The second-order valence-electron chi connectivity index (χ2n) is 5.86. The average molecular weight is 326 g/mol. The third kappa shape index (κ3) is 3.37. The van der Waals surface area contributed by atoms with Gasteiger partial charge < -0.3 is 14.7 Å². The van der Waals surface area contributed by atoms with E-state index >= 15 is 0 Å². The number of aldehydes is 1. The molecular formula is C18H18N2O4. The van der Waals surface area contributed by atoms with Gasteiger partial charge in [0, 0.05) is 29.7 Å². The zero-order valence-corrected chi connectivity index (χ0v) is 13.3. The van der Waals surface area contributed by atoms with E-state index in [1.807, 2.05) is 25.1 Å². The molecule has 1 aliphatic rings. The molecule has 1 aromatic heterocycles. The quantitative estimate of drug-likeness (QED) is 0.873. The van der Waals surface area contributed by atoms with E-state index in [-0.39, 0.29) is 12.1 Å². The molecule has 0 unspecified atom stereocenters. The largest absolute Gasteiger partial charge is 0.472 e. The van der Waals surface area contributed by atoms with Crippen LogP contribution in [0.4, 0.5) is 4.79 Å². The molecule has 2 aromatic rings. The number of ether oxygens (including phenoxy) is 1. The zero-order valence-electron chi connectivity index (χ0n) is 13.3. The van der Waals surface area contributed by atoms with Gasteiger partial charge in [0.15, 0.2) is 0 Å². The van der Waals surface area contributed by atoms with Crippen LogP contribution in [0, 0.1) is 0 Å². The maximum absolute atomic E-state index is 11.1. The van der Waals surface area contributed by atoms with Crippen LogP contribution in [0.3, 0.4) is 0 Å². The summed E-state index contributed by atoms with van der Waals surface area (Å²) in [7, 11) is 0. The van der Waals surface area contributed by atoms with Crippen LogP contribution < -0.4 is 4.74 Å². The third-order valence-corrected chi connectivity index (χ3v) is 4.11. The molecule has 3 rings (SSSR count). The van der Waals surface area contributed by atoms with Gasteiger partial charge in [0.05, 0.1) is 12.2 Å². The van der Waals surface area contributed by atoms with Crippen molar-refractivity contribution in [3.05, 3.63) is 48.0 Å². The first kappa shape index (κ1) is 16.0. The van der Waals surface area contributed by atoms with E-state index in [4.69, 9.17) is 9.84 Å². The molecule has 2 heterocycles. The van der Waals surface area contributed by atoms with Crippen LogP contribution in [0.15, 0.2) is 42.5 Å². The van der Waals surface area contributed by atoms with Crippen LogP contribution in [0.2, 0.25) is 0 Å². The number of amides is 1. The van der Waals surface area contributed by atoms with Crippen molar-refractivity contribution < 1.29 is 19.4 Å². The lowest BCUT2D eigenvalue weighted by atomic mass is 10.1. The molecule has 1 aromatic carbocycles. The molecular weight excluding hydrogens is 308 g/mol. The molecule has 0 bridgehead atoms. The van der Waals surface area contributed by atoms with E-state index in [9.17, 15) is 9.59 Å². The van der Waals surface area contributed by atoms with Crippen LogP contribution >= 0.6 is 0 Å². The molecule has 0 spiro atoms. The SMILES string of the molecule is C[C@H]1C[C@H](Oc2cccc(-c3cccc(C=O)c3)n2)CN1C(=O)O. The molecule has 0 aliphatic carbocycles. The van der Waals surface area contributed by atoms with E-state index in [0.717, 1.165) is 11.8 Å². The standard InChI is InChI=1S/C18H18N2O4/c1-12-8-15(10-20(12)18(22)23)24-17-7-3-6-16(19-17)14-5-2-4-13(9-14)11-21/h2-7,9,11-12,15H,8,10H2,1H3,(H,22,23)/t12-,15-/m0/s1. The number of aromatic nitrogens is 1. The minimum absolute atomic E-state index is 0.0695. The average Bonchev–Trinajstić information content (AvgIpc) is 2.96. The fraction of sp³-hybridized carbons (Fsp3) is 0.278. The molecule has 0 radical (unpaired) electrons. The summed E-state index contributed by atoms with van der Waals surface area (Å²) in [6, 6.07) is 12.5. The summed E-state index contributed by atoms with van der Waals surface area (Å²) in [5, 5.41) is 9.14. The second-order valence-corrected chi connectivity index (χ2v) is 5.86. The van der Waals surface area contributed by atoms with Gasteiger partial charge in [-0.05, 0) is 19.1 Å². The highest BCUT2D eigenvalue weighted by Gasteiger charge is 2.33. The number of rotatable bonds is 4. The Morgan fingerprint density at radius 1 is 1.33 bits per heavy atom. The van der Waals surface area contributed by atoms with Gasteiger partial charge in [0.1, 0.15) is 12.4 Å². The number of hydrogen-bond acceptors (Lipinski definition) is 4. The first-order valence-electron chi connectivity index (χ1n) is 7.75. The Kier molecular flexibility index (Phi) is 4.46. The molecule has 6 nitrogen and oxygen atoms in total. The van der Waals surface area contributed by atoms with Gasteiger partial charge in [-0.3, -0.25) is 4.79 Å². The molecule has 0 saturated carbocycles. The molecule has 1 N–H and O–H groups in total. The van der Waals surface area contributed by atoms with E-state index in [2.05, 4.69) is 4.98 Å². The minimum Gasteiger partial charge on any atom is -0.472 e. The third-order valence-electron chi connectivity index (χ3n) is 4.11. The Morgan fingerprint density at radius 3 is 2.83 bits per heavy atom. The van der Waals surface area contributed by atoms with Gasteiger partial charge in [-0.15, -0.1) is 0 Å². The molecule has 1 fully saturated rings. The fourth-order valence-electron chi connectivity index (χ4n) is 2.92. The number of pyridine rings is 1. The van der Waals surface area contributed by atoms with Crippen molar-refractivity contribution in [3.63, 3.8) is 0 Å². The Balaban J connectivity index is 1.76. The molecule has 124 valence electrons. The van der Waals surface area contributed by atoms with Gasteiger partial charge in [0.25, 0.3) is 0 Å². The highest BCUT2D eigenvalue weighted by Crippen LogP contribution is 2.24. The van der Waals surface area contributed by atoms with Crippen LogP contribution in [0.5, 0.6) is 5.88 Å². The highest BCUT2D eigenvalue weighted by atomic mass is 16.5. The van der Waals surface area contributed by atoms with E-state index < -0.39 is 6.09 Å². The Hall–Kier alpha value is -2.89. The molecule has 2 atom stereocenters. The van der Waals surface area contributed by atoms with Crippen molar-refractivity contribution in [2.45, 2.75) is 25.5 Å². The van der Waals surface area contributed by atoms with Crippen molar-refractivity contribution in [2.75, 3.05) is 6.54 Å². The second kappa shape index (κ2) is 6.70. The summed E-state index contributed by atoms with van der Waals surface area (Å²) in [6.07, 6.45) is 0.296. The summed E-state index contributed by atoms with van der Waals surface area (Å²) in [5.41, 5.74) is 2.12. The van der Waals surface area contributed by atoms with Crippen molar-refractivity contribution in [2.24, 2.45) is 0 Å². The summed E-state index contributed by atoms with van der Waals surface area (Å²) in [4.78, 5) is 27.9. The number of benzene rings is 1. The Labute approximate surface area is 139 Å². The lowest BCUT2D eigenvalue weighted by molar-refractivity contribution is 0.112. The van der Waals surface area contributed by atoms with Crippen molar-refractivity contribution in [1.29, 1.82) is 0 Å². The number of likely N-dealkylation sites (tertiary alicyclic amines) is 1. The molecule has 1 amide bonds. The van der Waals surface area contributed by atoms with Crippen LogP contribution in [0.25, 0.3) is 11.3 Å². The van der Waals surface area contributed by atoms with Crippen molar-refractivity contribution in [3.8, 4) is 17.1 Å². The van der Waals surface area contributed by atoms with Gasteiger partial charge in [-0.25, -0.2) is 9.78 Å². The number of hydrogen-bond donors (Lipinski definition) is 1. The Bertz CT molecular complexity index is 762. The zero-order chi connectivity index (χ0) is 17.1. The van der Waals surface area contributed by atoms with Crippen LogP contribution in [-0.4, -0.2) is 46.1 Å². The number of carbonyl (C=O) groups excluding carboxylic acids is 1. The highest BCUT2D eigenvalue weighted by molar-refractivity contribution is 5.78. The molecule has 1 aliphatic heterocycles. The van der Waals surface area contributed by atoms with Gasteiger partial charge in [-0.1, -0.05) is 24.3 Å².